The molecule has 0 saturated carbocycles. The highest BCUT2D eigenvalue weighted by Gasteiger charge is 2.26. The Kier molecular flexibility index (Phi) is 3.57. The van der Waals surface area contributed by atoms with E-state index < -0.39 is 0 Å². The average molecular weight is 288 g/mol. The van der Waals surface area contributed by atoms with Crippen LogP contribution in [-0.4, -0.2) is 31.2 Å². The van der Waals surface area contributed by atoms with Gasteiger partial charge in [-0.25, -0.2) is 5.84 Å². The summed E-state index contributed by atoms with van der Waals surface area (Å²) < 4.78 is 0. The first-order valence-electron chi connectivity index (χ1n) is 7.03. The third-order valence-electron chi connectivity index (χ3n) is 3.65. The highest BCUT2D eigenvalue weighted by molar-refractivity contribution is 5.93. The molecule has 2 aliphatic heterocycles. The van der Waals surface area contributed by atoms with Crippen molar-refractivity contribution in [1.29, 1.82) is 0 Å². The molecule has 21 heavy (non-hydrogen) atoms. The molecule has 1 aromatic rings. The van der Waals surface area contributed by atoms with Crippen LogP contribution >= 0.6 is 0 Å². The standard InChI is InChI=1S/C14H20N6O/c1-9-6-17-11(7-16-9)14(21)18-8-13-19-10-4-2-3-5-12(10)20(13)15/h2-5,7,9,13,16-17,19H,6,8,15H2,1H3,(H,18,21). The number of rotatable bonds is 3. The zero-order chi connectivity index (χ0) is 14.8. The van der Waals surface area contributed by atoms with E-state index in [2.05, 4.69) is 21.3 Å². The van der Waals surface area contributed by atoms with E-state index >= 15 is 0 Å². The van der Waals surface area contributed by atoms with Crippen molar-refractivity contribution in [3.63, 3.8) is 0 Å². The molecule has 1 amide bonds. The first kappa shape index (κ1) is 13.6. The predicted octanol–water partition coefficient (Wildman–Crippen LogP) is -0.343. The van der Waals surface area contributed by atoms with Crippen molar-refractivity contribution in [2.45, 2.75) is 19.1 Å². The number of nitrogens with zero attached hydrogens (tertiary/aromatic N) is 1. The molecule has 2 aliphatic rings. The van der Waals surface area contributed by atoms with Crippen molar-refractivity contribution in [1.82, 2.24) is 16.0 Å². The molecule has 2 heterocycles. The van der Waals surface area contributed by atoms with Gasteiger partial charge < -0.3 is 21.3 Å². The van der Waals surface area contributed by atoms with Crippen molar-refractivity contribution >= 4 is 17.3 Å². The number of fused-ring (bicyclic) bond motifs is 1. The third-order valence-corrected chi connectivity index (χ3v) is 3.65. The summed E-state index contributed by atoms with van der Waals surface area (Å²) in [6.07, 6.45) is 1.56. The second-order valence-corrected chi connectivity index (χ2v) is 5.30. The Bertz CT molecular complexity index is 572. The Morgan fingerprint density at radius 3 is 3.00 bits per heavy atom. The van der Waals surface area contributed by atoms with Crippen LogP contribution in [0.4, 0.5) is 11.4 Å². The largest absolute Gasteiger partial charge is 0.385 e. The number of hydrogen-bond acceptors (Lipinski definition) is 6. The van der Waals surface area contributed by atoms with E-state index in [-0.39, 0.29) is 12.1 Å². The molecule has 0 bridgehead atoms. The molecule has 0 fully saturated rings. The van der Waals surface area contributed by atoms with Gasteiger partial charge in [-0.3, -0.25) is 9.80 Å². The van der Waals surface area contributed by atoms with E-state index in [9.17, 15) is 4.79 Å². The summed E-state index contributed by atoms with van der Waals surface area (Å²) in [6, 6.07) is 8.12. The minimum absolute atomic E-state index is 0.138. The first-order valence-corrected chi connectivity index (χ1v) is 7.03. The molecule has 6 N–H and O–H groups in total. The molecule has 112 valence electrons. The lowest BCUT2D eigenvalue weighted by Gasteiger charge is -2.24. The number of carbonyl (C=O) groups is 1. The minimum Gasteiger partial charge on any atom is -0.385 e. The molecule has 0 aromatic heterocycles. The number of nitrogens with two attached hydrogens (primary N) is 1. The molecule has 3 rings (SSSR count). The van der Waals surface area contributed by atoms with E-state index in [1.807, 2.05) is 31.2 Å². The maximum atomic E-state index is 12.1. The van der Waals surface area contributed by atoms with Crippen LogP contribution in [0.1, 0.15) is 6.92 Å². The maximum Gasteiger partial charge on any atom is 0.269 e. The lowest BCUT2D eigenvalue weighted by Crippen LogP contribution is -2.50. The van der Waals surface area contributed by atoms with Gasteiger partial charge in [0, 0.05) is 18.8 Å². The fourth-order valence-electron chi connectivity index (χ4n) is 2.42. The molecule has 7 nitrogen and oxygen atoms in total. The fraction of sp³-hybridized carbons (Fsp3) is 0.357. The number of carbonyl (C=O) groups excluding carboxylic acids is 1. The minimum atomic E-state index is -0.151. The highest BCUT2D eigenvalue weighted by atomic mass is 16.2. The zero-order valence-electron chi connectivity index (χ0n) is 11.9. The molecule has 0 aliphatic carbocycles. The van der Waals surface area contributed by atoms with Crippen LogP contribution in [0.15, 0.2) is 36.2 Å². The van der Waals surface area contributed by atoms with E-state index in [1.54, 1.807) is 11.2 Å². The van der Waals surface area contributed by atoms with Crippen molar-refractivity contribution in [3.8, 4) is 0 Å². The summed E-state index contributed by atoms with van der Waals surface area (Å²) in [5.41, 5.74) is 2.46. The lowest BCUT2D eigenvalue weighted by atomic mass is 10.2. The van der Waals surface area contributed by atoms with Crippen LogP contribution in [0.5, 0.6) is 0 Å². The normalized spacial score (nSPS) is 23.3. The SMILES string of the molecule is CC1CNC(C(=O)NCC2Nc3ccccc3N2N)=CN1. The van der Waals surface area contributed by atoms with Crippen molar-refractivity contribution in [2.24, 2.45) is 5.84 Å². The molecular formula is C14H20N6O. The summed E-state index contributed by atoms with van der Waals surface area (Å²) in [7, 11) is 0. The first-order chi connectivity index (χ1) is 10.1. The number of para-hydroxylation sites is 2. The number of hydrogen-bond donors (Lipinski definition) is 5. The van der Waals surface area contributed by atoms with Crippen molar-refractivity contribution in [3.05, 3.63) is 36.2 Å². The van der Waals surface area contributed by atoms with Gasteiger partial charge in [0.15, 0.2) is 0 Å². The zero-order valence-corrected chi connectivity index (χ0v) is 11.9. The Labute approximate surface area is 123 Å². The predicted molar refractivity (Wildman–Crippen MR) is 82.2 cm³/mol. The van der Waals surface area contributed by atoms with Gasteiger partial charge in [0.2, 0.25) is 0 Å². The molecule has 2 unspecified atom stereocenters. The second-order valence-electron chi connectivity index (χ2n) is 5.30. The summed E-state index contributed by atoms with van der Waals surface area (Å²) in [6.45, 7) is 3.19. The molecule has 1 aromatic carbocycles. The van der Waals surface area contributed by atoms with Crippen LogP contribution in [0.2, 0.25) is 0 Å². The Balaban J connectivity index is 1.56. The molecule has 0 radical (unpaired) electrons. The van der Waals surface area contributed by atoms with E-state index in [1.165, 1.54) is 0 Å². The highest BCUT2D eigenvalue weighted by Crippen LogP contribution is 2.31. The van der Waals surface area contributed by atoms with Gasteiger partial charge in [-0.1, -0.05) is 12.1 Å². The van der Waals surface area contributed by atoms with Gasteiger partial charge in [0.1, 0.15) is 11.9 Å². The van der Waals surface area contributed by atoms with Gasteiger partial charge in [0.05, 0.1) is 17.9 Å². The Morgan fingerprint density at radius 1 is 1.48 bits per heavy atom. The van der Waals surface area contributed by atoms with Gasteiger partial charge >= 0.3 is 0 Å². The molecular weight excluding hydrogens is 268 g/mol. The van der Waals surface area contributed by atoms with E-state index in [4.69, 9.17) is 5.84 Å². The van der Waals surface area contributed by atoms with Gasteiger partial charge in [-0.2, -0.15) is 0 Å². The number of amides is 1. The number of nitrogens with one attached hydrogen (secondary N) is 4. The maximum absolute atomic E-state index is 12.1. The quantitative estimate of drug-likeness (QED) is 0.488. The van der Waals surface area contributed by atoms with Crippen molar-refractivity contribution in [2.75, 3.05) is 23.4 Å². The average Bonchev–Trinajstić information content (AvgIpc) is 2.82. The van der Waals surface area contributed by atoms with Crippen LogP contribution in [-0.2, 0) is 4.79 Å². The molecule has 2 atom stereocenters. The third kappa shape index (κ3) is 2.73. The summed E-state index contributed by atoms with van der Waals surface area (Å²) in [5.74, 6) is 5.91. The summed E-state index contributed by atoms with van der Waals surface area (Å²) >= 11 is 0. The molecule has 0 spiro atoms. The van der Waals surface area contributed by atoms with Crippen molar-refractivity contribution < 1.29 is 4.79 Å². The molecule has 0 saturated heterocycles. The number of anilines is 2. The Hall–Kier alpha value is -2.41. The van der Waals surface area contributed by atoms with Gasteiger partial charge in [0.25, 0.3) is 5.91 Å². The number of benzene rings is 1. The monoisotopic (exact) mass is 288 g/mol. The molecule has 7 heteroatoms. The van der Waals surface area contributed by atoms with Gasteiger partial charge in [-0.15, -0.1) is 0 Å². The van der Waals surface area contributed by atoms with Crippen LogP contribution in [0.3, 0.4) is 0 Å². The van der Waals surface area contributed by atoms with Gasteiger partial charge in [-0.05, 0) is 19.1 Å². The fourth-order valence-corrected chi connectivity index (χ4v) is 2.42. The lowest BCUT2D eigenvalue weighted by molar-refractivity contribution is -0.118. The smallest absolute Gasteiger partial charge is 0.269 e. The summed E-state index contributed by atoms with van der Waals surface area (Å²) in [5, 5.41) is 14.0. The summed E-state index contributed by atoms with van der Waals surface area (Å²) in [4.78, 5) is 12.1. The van der Waals surface area contributed by atoms with Crippen LogP contribution in [0, 0.1) is 0 Å². The van der Waals surface area contributed by atoms with E-state index in [0.717, 1.165) is 17.9 Å². The Morgan fingerprint density at radius 2 is 2.29 bits per heavy atom. The topological polar surface area (TPSA) is 94.5 Å². The second kappa shape index (κ2) is 5.53. The van der Waals surface area contributed by atoms with E-state index in [0.29, 0.717) is 18.3 Å². The number of hydrazine groups is 1. The van der Waals surface area contributed by atoms with Crippen LogP contribution < -0.4 is 32.1 Å². The van der Waals surface area contributed by atoms with Crippen LogP contribution in [0.25, 0.3) is 0 Å².